The van der Waals surface area contributed by atoms with Crippen LogP contribution in [0.25, 0.3) is 22.2 Å². The van der Waals surface area contributed by atoms with Gasteiger partial charge in [0.05, 0.1) is 32.5 Å². The lowest BCUT2D eigenvalue weighted by molar-refractivity contribution is -0.137. The number of rotatable bonds is 7. The number of terminal acetylenes is 1. The van der Waals surface area contributed by atoms with Gasteiger partial charge in [0.2, 0.25) is 0 Å². The molecule has 4 aromatic rings. The lowest BCUT2D eigenvalue weighted by Gasteiger charge is -2.20. The van der Waals surface area contributed by atoms with E-state index in [0.29, 0.717) is 5.39 Å². The summed E-state index contributed by atoms with van der Waals surface area (Å²) in [6.07, 6.45) is 6.99. The van der Waals surface area contributed by atoms with Gasteiger partial charge in [-0.15, -0.1) is 6.42 Å². The molecule has 2 heterocycles. The van der Waals surface area contributed by atoms with Crippen molar-refractivity contribution in [2.24, 2.45) is 5.92 Å². The van der Waals surface area contributed by atoms with E-state index in [1.54, 1.807) is 38.1 Å². The number of pyridine rings is 2. The maximum Gasteiger partial charge on any atom is 0.313 e. The molecular formula is C28H20Cl2N2O4. The monoisotopic (exact) mass is 518 g/mol. The molecule has 0 spiro atoms. The van der Waals surface area contributed by atoms with Gasteiger partial charge in [0.15, 0.2) is 11.4 Å². The van der Waals surface area contributed by atoms with Crippen LogP contribution < -0.4 is 9.47 Å². The summed E-state index contributed by atoms with van der Waals surface area (Å²) in [6, 6.07) is 15.9. The minimum atomic E-state index is -0.746. The molecule has 0 aliphatic carbocycles. The van der Waals surface area contributed by atoms with E-state index in [0.717, 1.165) is 5.56 Å². The number of aromatic nitrogens is 2. The molecule has 2 aromatic heterocycles. The number of hydrogen-bond donors (Lipinski definition) is 0. The lowest BCUT2D eigenvalue weighted by Crippen LogP contribution is -2.17. The molecule has 0 fully saturated rings. The summed E-state index contributed by atoms with van der Waals surface area (Å²) < 4.78 is 11.9. The van der Waals surface area contributed by atoms with Crippen LogP contribution in [0.2, 0.25) is 10.0 Å². The average molecular weight is 519 g/mol. The van der Waals surface area contributed by atoms with Crippen molar-refractivity contribution in [2.75, 3.05) is 0 Å². The smallest absolute Gasteiger partial charge is 0.313 e. The van der Waals surface area contributed by atoms with Gasteiger partial charge in [-0.25, -0.2) is 9.97 Å². The Morgan fingerprint density at radius 2 is 1.69 bits per heavy atom. The molecule has 0 radical (unpaired) electrons. The third-order valence-electron chi connectivity index (χ3n) is 5.27. The van der Waals surface area contributed by atoms with E-state index in [2.05, 4.69) is 15.9 Å². The highest BCUT2D eigenvalue weighted by Gasteiger charge is 2.29. The van der Waals surface area contributed by atoms with Crippen LogP contribution in [0.5, 0.6) is 11.5 Å². The van der Waals surface area contributed by atoms with Crippen LogP contribution in [-0.4, -0.2) is 21.7 Å². The molecule has 0 aliphatic rings. The predicted octanol–water partition coefficient (Wildman–Crippen LogP) is 6.56. The Hall–Kier alpha value is -3.92. The van der Waals surface area contributed by atoms with E-state index in [4.69, 9.17) is 39.1 Å². The summed E-state index contributed by atoms with van der Waals surface area (Å²) in [5.41, 5.74) is 1.22. The first kappa shape index (κ1) is 25.2. The second kappa shape index (κ2) is 10.8. The normalized spacial score (nSPS) is 10.8. The zero-order valence-corrected chi connectivity index (χ0v) is 20.9. The number of halogens is 2. The number of nitrogens with zero attached hydrogens (tertiary/aromatic N) is 2. The Balaban J connectivity index is 2.04. The first-order valence-corrected chi connectivity index (χ1v) is 11.7. The summed E-state index contributed by atoms with van der Waals surface area (Å²) in [5, 5.41) is 0.817. The van der Waals surface area contributed by atoms with Crippen molar-refractivity contribution in [3.63, 3.8) is 0 Å². The Morgan fingerprint density at radius 3 is 2.39 bits per heavy atom. The quantitative estimate of drug-likeness (QED) is 0.119. The van der Waals surface area contributed by atoms with Crippen LogP contribution >= 0.6 is 23.2 Å². The summed E-state index contributed by atoms with van der Waals surface area (Å²) in [6.45, 7) is 3.55. The van der Waals surface area contributed by atoms with Gasteiger partial charge >= 0.3 is 5.97 Å². The van der Waals surface area contributed by atoms with Crippen LogP contribution in [0.3, 0.4) is 0 Å². The van der Waals surface area contributed by atoms with Crippen molar-refractivity contribution in [1.29, 1.82) is 0 Å². The number of carbonyl (C=O) groups excluding carboxylic acids is 2. The molecule has 0 saturated heterocycles. The average Bonchev–Trinajstić information content (AvgIpc) is 2.89. The highest BCUT2D eigenvalue weighted by Crippen LogP contribution is 2.48. The molecular weight excluding hydrogens is 499 g/mol. The van der Waals surface area contributed by atoms with Crippen molar-refractivity contribution in [1.82, 2.24) is 9.97 Å². The van der Waals surface area contributed by atoms with Crippen LogP contribution in [0.1, 0.15) is 29.9 Å². The van der Waals surface area contributed by atoms with Crippen molar-refractivity contribution in [3.8, 4) is 35.0 Å². The van der Waals surface area contributed by atoms with E-state index in [1.165, 1.54) is 6.20 Å². The van der Waals surface area contributed by atoms with Gasteiger partial charge in [-0.1, -0.05) is 67.4 Å². The number of fused-ring (bicyclic) bond motifs is 1. The first-order valence-electron chi connectivity index (χ1n) is 11.0. The summed E-state index contributed by atoms with van der Waals surface area (Å²) >= 11 is 13.2. The van der Waals surface area contributed by atoms with E-state index >= 15 is 0 Å². The molecule has 0 atom stereocenters. The Morgan fingerprint density at radius 1 is 0.972 bits per heavy atom. The minimum Gasteiger partial charge on any atom is -0.487 e. The second-order valence-corrected chi connectivity index (χ2v) is 8.91. The maximum atomic E-state index is 12.9. The molecule has 0 saturated carbocycles. The fraction of sp³-hybridized carbons (Fsp3) is 0.143. The zero-order valence-electron chi connectivity index (χ0n) is 19.4. The molecule has 0 unspecified atom stereocenters. The topological polar surface area (TPSA) is 78.4 Å². The van der Waals surface area contributed by atoms with Gasteiger partial charge in [0.25, 0.3) is 5.78 Å². The van der Waals surface area contributed by atoms with Gasteiger partial charge in [-0.3, -0.25) is 9.59 Å². The van der Waals surface area contributed by atoms with Crippen LogP contribution in [-0.2, 0) is 11.4 Å². The molecule has 36 heavy (non-hydrogen) atoms. The Labute approximate surface area is 218 Å². The molecule has 6 nitrogen and oxygen atoms in total. The lowest BCUT2D eigenvalue weighted by atomic mass is 9.97. The van der Waals surface area contributed by atoms with Crippen LogP contribution in [0, 0.1) is 18.3 Å². The van der Waals surface area contributed by atoms with Crippen molar-refractivity contribution >= 4 is 46.0 Å². The molecule has 8 heteroatoms. The number of Topliss-reactive ketones (excluding diaryl/α,β-unsaturated/α-hetero) is 1. The van der Waals surface area contributed by atoms with Gasteiger partial charge in [0.1, 0.15) is 18.1 Å². The van der Waals surface area contributed by atoms with Crippen molar-refractivity contribution in [2.45, 2.75) is 20.5 Å². The number of carbonyl (C=O) groups is 2. The van der Waals surface area contributed by atoms with Crippen LogP contribution in [0.4, 0.5) is 0 Å². The zero-order chi connectivity index (χ0) is 25.8. The second-order valence-electron chi connectivity index (χ2n) is 8.10. The van der Waals surface area contributed by atoms with Crippen molar-refractivity contribution < 1.29 is 19.1 Å². The molecule has 2 aromatic carbocycles. The molecule has 180 valence electrons. The van der Waals surface area contributed by atoms with Gasteiger partial charge in [-0.05, 0) is 35.7 Å². The van der Waals surface area contributed by atoms with E-state index < -0.39 is 17.7 Å². The molecule has 4 rings (SSSR count). The molecule has 0 amide bonds. The minimum absolute atomic E-state index is 0.0409. The van der Waals surface area contributed by atoms with Gasteiger partial charge in [-0.2, -0.15) is 0 Å². The number of benzene rings is 2. The van der Waals surface area contributed by atoms with Crippen molar-refractivity contribution in [3.05, 3.63) is 82.1 Å². The number of esters is 1. The van der Waals surface area contributed by atoms with E-state index in [1.807, 2.05) is 30.3 Å². The van der Waals surface area contributed by atoms with Crippen LogP contribution in [0.15, 0.2) is 60.8 Å². The molecule has 0 N–H and O–H groups in total. The maximum absolute atomic E-state index is 12.9. The van der Waals surface area contributed by atoms with Gasteiger partial charge < -0.3 is 9.47 Å². The number of hydrogen-bond acceptors (Lipinski definition) is 6. The summed E-state index contributed by atoms with van der Waals surface area (Å²) in [7, 11) is 0. The third kappa shape index (κ3) is 5.03. The molecule has 0 bridgehead atoms. The fourth-order valence-electron chi connectivity index (χ4n) is 3.49. The number of ether oxygens (including phenoxy) is 2. The highest BCUT2D eigenvalue weighted by atomic mass is 35.5. The summed E-state index contributed by atoms with van der Waals surface area (Å²) in [4.78, 5) is 34.3. The predicted molar refractivity (Wildman–Crippen MR) is 139 cm³/mol. The summed E-state index contributed by atoms with van der Waals surface area (Å²) in [5.74, 6) is 0.570. The largest absolute Gasteiger partial charge is 0.487 e. The fourth-order valence-corrected chi connectivity index (χ4v) is 3.95. The SMILES string of the molecule is C#CC(=O)c1nc2ncccc2c(OC(=O)C(C)C)c1-c1c(Cl)ccc(Cl)c1OCc1ccccc1. The van der Waals surface area contributed by atoms with E-state index in [9.17, 15) is 9.59 Å². The number of ketones is 1. The standard InChI is InChI=1S/C28H20Cl2N2O4/c1-4-21(33)24-23(25(36-28(34)16(2)3)18-11-8-14-31-27(18)32-24)22-19(29)12-13-20(30)26(22)35-15-17-9-6-5-7-10-17/h1,5-14,16H,15H2,2-3H3. The Kier molecular flexibility index (Phi) is 7.54. The highest BCUT2D eigenvalue weighted by molar-refractivity contribution is 6.37. The Bertz CT molecular complexity index is 1510. The molecule has 0 aliphatic heterocycles. The van der Waals surface area contributed by atoms with Gasteiger partial charge in [0, 0.05) is 6.20 Å². The third-order valence-corrected chi connectivity index (χ3v) is 5.88. The van der Waals surface area contributed by atoms with E-state index in [-0.39, 0.29) is 50.6 Å². The first-order chi connectivity index (χ1) is 17.3.